The number of hydrogen-bond acceptors (Lipinski definition) is 5. The highest BCUT2D eigenvalue weighted by Crippen LogP contribution is 2.10. The van der Waals surface area contributed by atoms with E-state index in [2.05, 4.69) is 15.3 Å². The summed E-state index contributed by atoms with van der Waals surface area (Å²) in [5.41, 5.74) is 7.92. The second-order valence-electron chi connectivity index (χ2n) is 3.25. The Morgan fingerprint density at radius 1 is 1.53 bits per heavy atom. The van der Waals surface area contributed by atoms with Gasteiger partial charge < -0.3 is 11.1 Å². The lowest BCUT2D eigenvalue weighted by Crippen LogP contribution is -2.24. The van der Waals surface area contributed by atoms with Crippen molar-refractivity contribution in [2.75, 3.05) is 5.73 Å². The molecule has 2 heterocycles. The Kier molecular flexibility index (Phi) is 3.29. The summed E-state index contributed by atoms with van der Waals surface area (Å²) in [4.78, 5) is 19.3. The average Bonchev–Trinajstić information content (AvgIpc) is 2.82. The molecular weight excluding hydrogens is 243 g/mol. The second-order valence-corrected chi connectivity index (χ2v) is 3.97. The van der Waals surface area contributed by atoms with Gasteiger partial charge in [0.05, 0.1) is 29.5 Å². The molecule has 17 heavy (non-hydrogen) atoms. The third kappa shape index (κ3) is 2.76. The minimum Gasteiger partial charge on any atom is -0.383 e. The fourth-order valence-corrected chi connectivity index (χ4v) is 1.78. The van der Waals surface area contributed by atoms with Gasteiger partial charge in [0.15, 0.2) is 0 Å². The predicted molar refractivity (Wildman–Crippen MR) is 61.9 cm³/mol. The normalized spacial score (nSPS) is 10.2. The van der Waals surface area contributed by atoms with Crippen molar-refractivity contribution in [2.24, 2.45) is 0 Å². The van der Waals surface area contributed by atoms with Gasteiger partial charge in [0.2, 0.25) is 0 Å². The fourth-order valence-electron chi connectivity index (χ4n) is 1.22. The quantitative estimate of drug-likeness (QED) is 0.859. The van der Waals surface area contributed by atoms with Crippen molar-refractivity contribution in [3.05, 3.63) is 40.2 Å². The molecule has 0 aliphatic heterocycles. The minimum atomic E-state index is -0.599. The number of nitrogens with zero attached hydrogens (tertiary/aromatic N) is 2. The molecule has 0 aromatic carbocycles. The Morgan fingerprint density at radius 3 is 3.06 bits per heavy atom. The summed E-state index contributed by atoms with van der Waals surface area (Å²) in [6.07, 6.45) is 0.965. The van der Waals surface area contributed by atoms with E-state index in [4.69, 9.17) is 5.73 Å². The summed E-state index contributed by atoms with van der Waals surface area (Å²) < 4.78 is 12.9. The van der Waals surface area contributed by atoms with E-state index in [-0.39, 0.29) is 17.9 Å². The molecule has 3 N–H and O–H groups in total. The first-order valence-electron chi connectivity index (χ1n) is 4.73. The van der Waals surface area contributed by atoms with Crippen molar-refractivity contribution >= 4 is 23.1 Å². The molecule has 2 rings (SSSR count). The van der Waals surface area contributed by atoms with Gasteiger partial charge >= 0.3 is 0 Å². The molecule has 2 aromatic rings. The predicted octanol–water partition coefficient (Wildman–Crippen LogP) is 1.19. The number of hydrogen-bond donors (Lipinski definition) is 2. The molecule has 0 fully saturated rings. The molecule has 88 valence electrons. The van der Waals surface area contributed by atoms with Crippen molar-refractivity contribution in [1.82, 2.24) is 15.3 Å². The standard InChI is InChI=1S/C10H9FN4OS/c11-6-1-8(9(12)13-2-6)10(16)14-3-7-4-17-5-15-7/h1-2,4-5H,3H2,(H2,12,13)(H,14,16). The number of thiazole rings is 1. The van der Waals surface area contributed by atoms with E-state index in [1.807, 2.05) is 5.38 Å². The molecule has 1 amide bonds. The molecule has 0 spiro atoms. The summed E-state index contributed by atoms with van der Waals surface area (Å²) in [7, 11) is 0. The van der Waals surface area contributed by atoms with Gasteiger partial charge in [0.1, 0.15) is 11.6 Å². The number of halogens is 1. The van der Waals surface area contributed by atoms with Gasteiger partial charge in [-0.1, -0.05) is 0 Å². The number of anilines is 1. The smallest absolute Gasteiger partial charge is 0.255 e. The maximum atomic E-state index is 12.9. The number of nitrogens with one attached hydrogen (secondary N) is 1. The largest absolute Gasteiger partial charge is 0.383 e. The zero-order valence-corrected chi connectivity index (χ0v) is 9.50. The maximum absolute atomic E-state index is 12.9. The third-order valence-corrected chi connectivity index (χ3v) is 2.68. The Bertz CT molecular complexity index is 529. The van der Waals surface area contributed by atoms with Crippen LogP contribution >= 0.6 is 11.3 Å². The van der Waals surface area contributed by atoms with Crippen molar-refractivity contribution < 1.29 is 9.18 Å². The molecule has 5 nitrogen and oxygen atoms in total. The van der Waals surface area contributed by atoms with E-state index >= 15 is 0 Å². The van der Waals surface area contributed by atoms with Crippen LogP contribution in [-0.2, 0) is 6.54 Å². The highest BCUT2D eigenvalue weighted by molar-refractivity contribution is 7.07. The Balaban J connectivity index is 2.07. The molecule has 0 unspecified atom stereocenters. The van der Waals surface area contributed by atoms with Gasteiger partial charge in [0.25, 0.3) is 5.91 Å². The number of nitrogen functional groups attached to an aromatic ring is 1. The average molecular weight is 252 g/mol. The van der Waals surface area contributed by atoms with Gasteiger partial charge in [-0.25, -0.2) is 14.4 Å². The van der Waals surface area contributed by atoms with Crippen LogP contribution < -0.4 is 11.1 Å². The van der Waals surface area contributed by atoms with Gasteiger partial charge in [-0.15, -0.1) is 11.3 Å². The van der Waals surface area contributed by atoms with E-state index in [0.717, 1.165) is 18.0 Å². The first kappa shape index (κ1) is 11.5. The second kappa shape index (κ2) is 4.88. The van der Waals surface area contributed by atoms with Crippen LogP contribution in [0.2, 0.25) is 0 Å². The van der Waals surface area contributed by atoms with Crippen LogP contribution in [-0.4, -0.2) is 15.9 Å². The highest BCUT2D eigenvalue weighted by atomic mass is 32.1. The molecule has 7 heteroatoms. The Hall–Kier alpha value is -2.02. The molecule has 0 saturated heterocycles. The third-order valence-electron chi connectivity index (χ3n) is 2.04. The van der Waals surface area contributed by atoms with Gasteiger partial charge in [-0.05, 0) is 6.07 Å². The lowest BCUT2D eigenvalue weighted by Gasteiger charge is -2.05. The van der Waals surface area contributed by atoms with Crippen LogP contribution in [0.5, 0.6) is 0 Å². The fraction of sp³-hybridized carbons (Fsp3) is 0.100. The van der Waals surface area contributed by atoms with Crippen molar-refractivity contribution in [3.63, 3.8) is 0 Å². The van der Waals surface area contributed by atoms with E-state index in [1.165, 1.54) is 11.3 Å². The number of amides is 1. The Morgan fingerprint density at radius 2 is 2.35 bits per heavy atom. The lowest BCUT2D eigenvalue weighted by molar-refractivity contribution is 0.0950. The van der Waals surface area contributed by atoms with Gasteiger partial charge in [-0.3, -0.25) is 4.79 Å². The summed E-state index contributed by atoms with van der Waals surface area (Å²) >= 11 is 1.43. The monoisotopic (exact) mass is 252 g/mol. The molecule has 0 radical (unpaired) electrons. The number of carbonyl (C=O) groups excluding carboxylic acids is 1. The Labute approximate surface area is 101 Å². The van der Waals surface area contributed by atoms with E-state index < -0.39 is 11.7 Å². The van der Waals surface area contributed by atoms with Crippen LogP contribution in [0.4, 0.5) is 10.2 Å². The molecular formula is C10H9FN4OS. The summed E-state index contributed by atoms with van der Waals surface area (Å²) in [6.45, 7) is 0.276. The number of carbonyl (C=O) groups is 1. The number of nitrogens with two attached hydrogens (primary N) is 1. The van der Waals surface area contributed by atoms with Crippen molar-refractivity contribution in [1.29, 1.82) is 0 Å². The SMILES string of the molecule is Nc1ncc(F)cc1C(=O)NCc1cscn1. The molecule has 0 bridgehead atoms. The van der Waals surface area contributed by atoms with E-state index in [0.29, 0.717) is 0 Å². The van der Waals surface area contributed by atoms with Gasteiger partial charge in [0, 0.05) is 5.38 Å². The molecule has 0 atom stereocenters. The van der Waals surface area contributed by atoms with Crippen LogP contribution in [0.15, 0.2) is 23.2 Å². The summed E-state index contributed by atoms with van der Waals surface area (Å²) in [6, 6.07) is 1.05. The van der Waals surface area contributed by atoms with Crippen LogP contribution in [0, 0.1) is 5.82 Å². The number of aromatic nitrogens is 2. The van der Waals surface area contributed by atoms with E-state index in [9.17, 15) is 9.18 Å². The van der Waals surface area contributed by atoms with Crippen LogP contribution in [0.3, 0.4) is 0 Å². The van der Waals surface area contributed by atoms with Crippen molar-refractivity contribution in [2.45, 2.75) is 6.54 Å². The number of rotatable bonds is 3. The van der Waals surface area contributed by atoms with Gasteiger partial charge in [-0.2, -0.15) is 0 Å². The molecule has 0 aliphatic rings. The van der Waals surface area contributed by atoms with Crippen LogP contribution in [0.25, 0.3) is 0 Å². The number of pyridine rings is 1. The van der Waals surface area contributed by atoms with Crippen molar-refractivity contribution in [3.8, 4) is 0 Å². The minimum absolute atomic E-state index is 0.00202. The van der Waals surface area contributed by atoms with E-state index in [1.54, 1.807) is 5.51 Å². The zero-order valence-electron chi connectivity index (χ0n) is 8.68. The zero-order chi connectivity index (χ0) is 12.3. The molecule has 0 aliphatic carbocycles. The lowest BCUT2D eigenvalue weighted by atomic mass is 10.2. The molecule has 2 aromatic heterocycles. The molecule has 0 saturated carbocycles. The van der Waals surface area contributed by atoms with Crippen LogP contribution in [0.1, 0.15) is 16.1 Å². The summed E-state index contributed by atoms with van der Waals surface area (Å²) in [5.74, 6) is -1.07. The maximum Gasteiger partial charge on any atom is 0.255 e. The first-order chi connectivity index (χ1) is 8.16. The topological polar surface area (TPSA) is 80.9 Å². The highest BCUT2D eigenvalue weighted by Gasteiger charge is 2.11. The first-order valence-corrected chi connectivity index (χ1v) is 5.67. The summed E-state index contributed by atoms with van der Waals surface area (Å²) in [5, 5.41) is 4.40.